The summed E-state index contributed by atoms with van der Waals surface area (Å²) in [6.45, 7) is 10.3. The zero-order valence-corrected chi connectivity index (χ0v) is 15.7. The maximum absolute atomic E-state index is 12.4. The van der Waals surface area contributed by atoms with E-state index < -0.39 is 5.60 Å². The van der Waals surface area contributed by atoms with Crippen molar-refractivity contribution < 1.29 is 14.3 Å². The first-order valence-electron chi connectivity index (χ1n) is 9.21. The smallest absolute Gasteiger partial charge is 0.410 e. The number of hydrogen-bond acceptors (Lipinski definition) is 5. The van der Waals surface area contributed by atoms with Crippen LogP contribution in [-0.2, 0) is 11.3 Å². The Balaban J connectivity index is 1.75. The predicted molar refractivity (Wildman–Crippen MR) is 97.0 cm³/mol. The van der Waals surface area contributed by atoms with Gasteiger partial charge >= 0.3 is 6.09 Å². The lowest BCUT2D eigenvalue weighted by atomic mass is 10.0. The van der Waals surface area contributed by atoms with Gasteiger partial charge in [0, 0.05) is 18.2 Å². The zero-order valence-electron chi connectivity index (χ0n) is 15.7. The first-order chi connectivity index (χ1) is 11.8. The summed E-state index contributed by atoms with van der Waals surface area (Å²) in [6, 6.07) is 4.58. The number of pyridine rings is 1. The lowest BCUT2D eigenvalue weighted by Crippen LogP contribution is -2.38. The fourth-order valence-electron chi connectivity index (χ4n) is 3.32. The first kappa shape index (κ1) is 17.8. The SMILES string of the molecule is CC1CCCCN1c1ccc2c(n1)OCCN(C(=O)OC(C)(C)C)C2. The van der Waals surface area contributed by atoms with Crippen LogP contribution in [0.2, 0.25) is 0 Å². The number of fused-ring (bicyclic) bond motifs is 1. The fourth-order valence-corrected chi connectivity index (χ4v) is 3.32. The topological polar surface area (TPSA) is 54.9 Å². The quantitative estimate of drug-likeness (QED) is 0.777. The number of piperidine rings is 1. The average molecular weight is 347 g/mol. The zero-order chi connectivity index (χ0) is 18.0. The summed E-state index contributed by atoms with van der Waals surface area (Å²) in [7, 11) is 0. The van der Waals surface area contributed by atoms with E-state index in [2.05, 4.69) is 11.8 Å². The van der Waals surface area contributed by atoms with Crippen LogP contribution in [0.15, 0.2) is 12.1 Å². The molecule has 0 radical (unpaired) electrons. The molecule has 3 rings (SSSR count). The van der Waals surface area contributed by atoms with E-state index in [1.165, 1.54) is 19.3 Å². The largest absolute Gasteiger partial charge is 0.475 e. The summed E-state index contributed by atoms with van der Waals surface area (Å²) in [4.78, 5) is 21.1. The van der Waals surface area contributed by atoms with E-state index in [4.69, 9.17) is 14.5 Å². The lowest BCUT2D eigenvalue weighted by molar-refractivity contribution is 0.0225. The van der Waals surface area contributed by atoms with Crippen LogP contribution in [-0.4, -0.2) is 47.3 Å². The van der Waals surface area contributed by atoms with Crippen molar-refractivity contribution in [3.63, 3.8) is 0 Å². The van der Waals surface area contributed by atoms with Crippen LogP contribution in [0.4, 0.5) is 10.6 Å². The second-order valence-corrected chi connectivity index (χ2v) is 7.92. The molecule has 2 aliphatic rings. The summed E-state index contributed by atoms with van der Waals surface area (Å²) in [5, 5.41) is 0. The van der Waals surface area contributed by atoms with E-state index >= 15 is 0 Å². The molecule has 0 aliphatic carbocycles. The summed E-state index contributed by atoms with van der Waals surface area (Å²) in [5.41, 5.74) is 0.427. The molecule has 6 heteroatoms. The third-order valence-electron chi connectivity index (χ3n) is 4.63. The Bertz CT molecular complexity index is 627. The Morgan fingerprint density at radius 3 is 2.80 bits per heavy atom. The normalized spacial score (nSPS) is 21.2. The van der Waals surface area contributed by atoms with Crippen LogP contribution in [0.25, 0.3) is 0 Å². The van der Waals surface area contributed by atoms with E-state index in [-0.39, 0.29) is 6.09 Å². The van der Waals surface area contributed by atoms with E-state index in [0.29, 0.717) is 31.6 Å². The highest BCUT2D eigenvalue weighted by Crippen LogP contribution is 2.28. The van der Waals surface area contributed by atoms with Gasteiger partial charge in [-0.3, -0.25) is 0 Å². The Kier molecular flexibility index (Phi) is 5.06. The molecule has 0 saturated carbocycles. The van der Waals surface area contributed by atoms with E-state index in [9.17, 15) is 4.79 Å². The highest BCUT2D eigenvalue weighted by atomic mass is 16.6. The standard InChI is InChI=1S/C19H29N3O3/c1-14-7-5-6-10-22(14)16-9-8-15-13-21(11-12-24-17(15)20-16)18(23)25-19(2,3)4/h8-9,14H,5-7,10-13H2,1-4H3. The van der Waals surface area contributed by atoms with Crippen LogP contribution in [0.1, 0.15) is 52.5 Å². The van der Waals surface area contributed by atoms with Crippen LogP contribution >= 0.6 is 0 Å². The third-order valence-corrected chi connectivity index (χ3v) is 4.63. The summed E-state index contributed by atoms with van der Waals surface area (Å²) in [6.07, 6.45) is 3.38. The molecule has 1 aromatic heterocycles. The highest BCUT2D eigenvalue weighted by Gasteiger charge is 2.27. The maximum atomic E-state index is 12.4. The third kappa shape index (κ3) is 4.35. The molecule has 1 unspecified atom stereocenters. The number of hydrogen-bond donors (Lipinski definition) is 0. The second kappa shape index (κ2) is 7.10. The number of anilines is 1. The minimum absolute atomic E-state index is 0.308. The van der Waals surface area contributed by atoms with Gasteiger partial charge in [0.1, 0.15) is 18.0 Å². The van der Waals surface area contributed by atoms with Gasteiger partial charge in [0.25, 0.3) is 0 Å². The molecule has 138 valence electrons. The molecular weight excluding hydrogens is 318 g/mol. The van der Waals surface area contributed by atoms with Crippen LogP contribution < -0.4 is 9.64 Å². The van der Waals surface area contributed by atoms with E-state index in [0.717, 1.165) is 17.9 Å². The van der Waals surface area contributed by atoms with Crippen molar-refractivity contribution in [2.24, 2.45) is 0 Å². The van der Waals surface area contributed by atoms with Crippen LogP contribution in [0.5, 0.6) is 5.88 Å². The molecule has 6 nitrogen and oxygen atoms in total. The molecular formula is C19H29N3O3. The molecule has 0 spiro atoms. The van der Waals surface area contributed by atoms with Crippen molar-refractivity contribution in [1.29, 1.82) is 0 Å². The van der Waals surface area contributed by atoms with Gasteiger partial charge in [0.05, 0.1) is 13.1 Å². The molecule has 0 N–H and O–H groups in total. The minimum Gasteiger partial charge on any atom is -0.475 e. The van der Waals surface area contributed by atoms with Crippen molar-refractivity contribution in [2.45, 2.75) is 65.1 Å². The molecule has 0 bridgehead atoms. The van der Waals surface area contributed by atoms with Gasteiger partial charge < -0.3 is 19.3 Å². The Morgan fingerprint density at radius 2 is 2.08 bits per heavy atom. The van der Waals surface area contributed by atoms with E-state index in [1.54, 1.807) is 4.90 Å². The van der Waals surface area contributed by atoms with Gasteiger partial charge in [-0.2, -0.15) is 4.98 Å². The summed E-state index contributed by atoms with van der Waals surface area (Å²) < 4.78 is 11.3. The molecule has 3 heterocycles. The van der Waals surface area contributed by atoms with Gasteiger partial charge in [-0.1, -0.05) is 0 Å². The molecule has 1 fully saturated rings. The first-order valence-corrected chi connectivity index (χ1v) is 9.21. The van der Waals surface area contributed by atoms with Crippen molar-refractivity contribution in [2.75, 3.05) is 24.6 Å². The van der Waals surface area contributed by atoms with Crippen LogP contribution in [0.3, 0.4) is 0 Å². The summed E-state index contributed by atoms with van der Waals surface area (Å²) in [5.74, 6) is 1.61. The van der Waals surface area contributed by atoms with Crippen molar-refractivity contribution in [1.82, 2.24) is 9.88 Å². The fraction of sp³-hybridized carbons (Fsp3) is 0.684. The molecule has 1 aromatic rings. The molecule has 1 amide bonds. The Hall–Kier alpha value is -1.98. The summed E-state index contributed by atoms with van der Waals surface area (Å²) >= 11 is 0. The van der Waals surface area contributed by atoms with E-state index in [1.807, 2.05) is 32.9 Å². The number of ether oxygens (including phenoxy) is 2. The molecule has 0 aromatic carbocycles. The minimum atomic E-state index is -0.500. The average Bonchev–Trinajstić information content (AvgIpc) is 2.75. The number of rotatable bonds is 1. The van der Waals surface area contributed by atoms with Gasteiger partial charge in [-0.15, -0.1) is 0 Å². The molecule has 1 saturated heterocycles. The highest BCUT2D eigenvalue weighted by molar-refractivity contribution is 5.68. The maximum Gasteiger partial charge on any atom is 0.410 e. The van der Waals surface area contributed by atoms with Gasteiger partial charge in [-0.25, -0.2) is 4.79 Å². The second-order valence-electron chi connectivity index (χ2n) is 7.92. The Labute approximate surface area is 150 Å². The molecule has 2 aliphatic heterocycles. The van der Waals surface area contributed by atoms with Crippen molar-refractivity contribution in [3.8, 4) is 5.88 Å². The Morgan fingerprint density at radius 1 is 1.28 bits per heavy atom. The number of carbonyl (C=O) groups excluding carboxylic acids is 1. The van der Waals surface area contributed by atoms with Gasteiger partial charge in [0.15, 0.2) is 0 Å². The number of amides is 1. The molecule has 1 atom stereocenters. The van der Waals surface area contributed by atoms with Gasteiger partial charge in [-0.05, 0) is 59.1 Å². The predicted octanol–water partition coefficient (Wildman–Crippen LogP) is 3.59. The van der Waals surface area contributed by atoms with Crippen molar-refractivity contribution >= 4 is 11.9 Å². The van der Waals surface area contributed by atoms with Crippen LogP contribution in [0, 0.1) is 0 Å². The number of aromatic nitrogens is 1. The molecule has 25 heavy (non-hydrogen) atoms. The number of nitrogens with zero attached hydrogens (tertiary/aromatic N) is 3. The van der Waals surface area contributed by atoms with Gasteiger partial charge in [0.2, 0.25) is 5.88 Å². The lowest BCUT2D eigenvalue weighted by Gasteiger charge is -2.34. The number of carbonyl (C=O) groups is 1. The monoisotopic (exact) mass is 347 g/mol. The van der Waals surface area contributed by atoms with Crippen molar-refractivity contribution in [3.05, 3.63) is 17.7 Å².